The number of piperazine rings is 1. The molecule has 27 heavy (non-hydrogen) atoms. The zero-order chi connectivity index (χ0) is 19.6. The van der Waals surface area contributed by atoms with Gasteiger partial charge >= 0.3 is 0 Å². The molecule has 2 heterocycles. The average molecular weight is 379 g/mol. The van der Waals surface area contributed by atoms with E-state index in [0.29, 0.717) is 30.5 Å². The number of hydrogen-bond acceptors (Lipinski definition) is 4. The molecule has 0 N–H and O–H groups in total. The number of likely N-dealkylation sites (N-methyl/N-ethyl adjacent to an activating group) is 1. The molecule has 1 saturated heterocycles. The molecule has 1 fully saturated rings. The minimum atomic E-state index is -0.355. The molecule has 1 aromatic carbocycles. The first kappa shape index (κ1) is 20.4. The highest BCUT2D eigenvalue weighted by Crippen LogP contribution is 2.41. The van der Waals surface area contributed by atoms with Crippen molar-refractivity contribution in [3.63, 3.8) is 0 Å². The molecule has 0 amide bonds. The summed E-state index contributed by atoms with van der Waals surface area (Å²) in [6.45, 7) is 10.3. The number of halogens is 1. The summed E-state index contributed by atoms with van der Waals surface area (Å²) in [6, 6.07) is 5.27. The number of hydrogen-bond donors (Lipinski definition) is 0. The van der Waals surface area contributed by atoms with Gasteiger partial charge in [0.25, 0.3) is 0 Å². The summed E-state index contributed by atoms with van der Waals surface area (Å²) in [5.41, 5.74) is 3.04. The number of rotatable bonds is 6. The molecule has 0 aromatic heterocycles. The number of alkyl halides is 1. The third-order valence-electron chi connectivity index (χ3n) is 5.81. The van der Waals surface area contributed by atoms with Gasteiger partial charge in [0, 0.05) is 38.1 Å². The first-order valence-electron chi connectivity index (χ1n) is 10.2. The van der Waals surface area contributed by atoms with E-state index >= 15 is 0 Å². The molecule has 0 spiro atoms. The van der Waals surface area contributed by atoms with E-state index in [4.69, 9.17) is 9.47 Å². The maximum absolute atomic E-state index is 12.4. The van der Waals surface area contributed by atoms with Gasteiger partial charge < -0.3 is 14.4 Å². The van der Waals surface area contributed by atoms with Crippen molar-refractivity contribution in [1.82, 2.24) is 9.80 Å². The third-order valence-corrected chi connectivity index (χ3v) is 5.81. The van der Waals surface area contributed by atoms with E-state index in [-0.39, 0.29) is 6.67 Å². The molecular formula is C22H35FN2O2. The molecule has 0 saturated carbocycles. The van der Waals surface area contributed by atoms with E-state index in [1.165, 1.54) is 17.5 Å². The normalized spacial score (nSPS) is 23.6. The van der Waals surface area contributed by atoms with E-state index in [0.717, 1.165) is 37.6 Å². The van der Waals surface area contributed by atoms with Crippen LogP contribution in [0.25, 0.3) is 0 Å². The minimum Gasteiger partial charge on any atom is -0.493 e. The summed E-state index contributed by atoms with van der Waals surface area (Å²) < 4.78 is 23.7. The van der Waals surface area contributed by atoms with Crippen LogP contribution in [0.3, 0.4) is 0 Å². The molecule has 0 aliphatic carbocycles. The molecule has 1 aromatic rings. The first-order chi connectivity index (χ1) is 12.8. The maximum atomic E-state index is 12.4. The van der Waals surface area contributed by atoms with E-state index < -0.39 is 0 Å². The van der Waals surface area contributed by atoms with Gasteiger partial charge in [0.15, 0.2) is 11.5 Å². The molecule has 3 rings (SSSR count). The van der Waals surface area contributed by atoms with Crippen molar-refractivity contribution in [1.29, 1.82) is 0 Å². The zero-order valence-corrected chi connectivity index (χ0v) is 17.6. The number of methoxy groups -OCH3 is 1. The van der Waals surface area contributed by atoms with E-state index in [9.17, 15) is 4.39 Å². The van der Waals surface area contributed by atoms with Crippen LogP contribution < -0.4 is 9.47 Å². The zero-order valence-electron chi connectivity index (χ0n) is 17.6. The standard InChI is InChI=1S/C22H35FN2O2/c1-22(2,3)13-17-14-25-9-7-16-11-21(27-10-6-8-23)20(26-5)12-18(16)19(25)15-24(17)4/h11-12,17,19H,6-10,13-15H2,1-5H3/t17-,19-/m1/s1. The Bertz CT molecular complexity index is 644. The van der Waals surface area contributed by atoms with Crippen LogP contribution >= 0.6 is 0 Å². The number of fused-ring (bicyclic) bond motifs is 3. The maximum Gasteiger partial charge on any atom is 0.161 e. The predicted molar refractivity (Wildman–Crippen MR) is 108 cm³/mol. The lowest BCUT2D eigenvalue weighted by molar-refractivity contribution is 0.0213. The SMILES string of the molecule is COc1cc2c(cc1OCCCF)CCN1C[C@@H](CC(C)(C)C)N(C)C[C@H]21. The van der Waals surface area contributed by atoms with Gasteiger partial charge in [-0.3, -0.25) is 9.29 Å². The lowest BCUT2D eigenvalue weighted by atomic mass is 9.84. The van der Waals surface area contributed by atoms with Crippen LogP contribution in [0.1, 0.15) is 50.8 Å². The highest BCUT2D eigenvalue weighted by Gasteiger charge is 2.37. The van der Waals surface area contributed by atoms with Gasteiger partial charge in [-0.25, -0.2) is 0 Å². The smallest absolute Gasteiger partial charge is 0.161 e. The largest absolute Gasteiger partial charge is 0.493 e. The summed E-state index contributed by atoms with van der Waals surface area (Å²) in [5.74, 6) is 1.50. The van der Waals surface area contributed by atoms with Gasteiger partial charge in [0.05, 0.1) is 20.4 Å². The summed E-state index contributed by atoms with van der Waals surface area (Å²) in [5, 5.41) is 0. The summed E-state index contributed by atoms with van der Waals surface area (Å²) in [6.07, 6.45) is 2.65. The quantitative estimate of drug-likeness (QED) is 0.697. The Morgan fingerprint density at radius 3 is 2.63 bits per heavy atom. The molecule has 2 aliphatic rings. The van der Waals surface area contributed by atoms with Crippen LogP contribution in [0, 0.1) is 5.41 Å². The Labute approximate surface area is 163 Å². The molecular weight excluding hydrogens is 343 g/mol. The van der Waals surface area contributed by atoms with Gasteiger partial charge in [0.2, 0.25) is 0 Å². The fourth-order valence-corrected chi connectivity index (χ4v) is 4.46. The summed E-state index contributed by atoms with van der Waals surface area (Å²) >= 11 is 0. The topological polar surface area (TPSA) is 24.9 Å². The Kier molecular flexibility index (Phi) is 6.32. The molecule has 5 heteroatoms. The highest BCUT2D eigenvalue weighted by atomic mass is 19.1. The molecule has 152 valence electrons. The molecule has 2 atom stereocenters. The number of nitrogens with zero attached hydrogens (tertiary/aromatic N) is 2. The van der Waals surface area contributed by atoms with Crippen LogP contribution in [0.5, 0.6) is 11.5 Å². The molecule has 4 nitrogen and oxygen atoms in total. The minimum absolute atomic E-state index is 0.342. The lowest BCUT2D eigenvalue weighted by Gasteiger charge is -2.49. The van der Waals surface area contributed by atoms with E-state index in [1.54, 1.807) is 7.11 Å². The van der Waals surface area contributed by atoms with Gasteiger partial charge in [0.1, 0.15) is 0 Å². The second kappa shape index (κ2) is 8.36. The second-order valence-corrected chi connectivity index (χ2v) is 9.21. The fraction of sp³-hybridized carbons (Fsp3) is 0.727. The van der Waals surface area contributed by atoms with Crippen LogP contribution in [0.4, 0.5) is 4.39 Å². The Hall–Kier alpha value is -1.33. The van der Waals surface area contributed by atoms with Crippen molar-refractivity contribution in [2.24, 2.45) is 5.41 Å². The average Bonchev–Trinajstić information content (AvgIpc) is 2.61. The molecule has 2 aliphatic heterocycles. The molecule has 0 radical (unpaired) electrons. The summed E-state index contributed by atoms with van der Waals surface area (Å²) in [7, 11) is 3.93. The van der Waals surface area contributed by atoms with Crippen molar-refractivity contribution >= 4 is 0 Å². The number of benzene rings is 1. The van der Waals surface area contributed by atoms with Crippen molar-refractivity contribution in [2.45, 2.75) is 52.1 Å². The lowest BCUT2D eigenvalue weighted by Crippen LogP contribution is -2.55. The fourth-order valence-electron chi connectivity index (χ4n) is 4.46. The Balaban J connectivity index is 1.80. The molecule has 0 bridgehead atoms. The second-order valence-electron chi connectivity index (χ2n) is 9.21. The monoisotopic (exact) mass is 378 g/mol. The van der Waals surface area contributed by atoms with Crippen LogP contribution in [0.2, 0.25) is 0 Å². The number of ether oxygens (including phenoxy) is 2. The van der Waals surface area contributed by atoms with E-state index in [2.05, 4.69) is 49.8 Å². The van der Waals surface area contributed by atoms with E-state index in [1.807, 2.05) is 0 Å². The van der Waals surface area contributed by atoms with Crippen LogP contribution in [0.15, 0.2) is 12.1 Å². The Morgan fingerprint density at radius 2 is 1.96 bits per heavy atom. The Morgan fingerprint density at radius 1 is 1.19 bits per heavy atom. The molecule has 0 unspecified atom stereocenters. The van der Waals surface area contributed by atoms with Crippen molar-refractivity contribution in [3.8, 4) is 11.5 Å². The third kappa shape index (κ3) is 4.75. The van der Waals surface area contributed by atoms with Gasteiger partial charge in [-0.05, 0) is 48.6 Å². The van der Waals surface area contributed by atoms with Crippen LogP contribution in [-0.2, 0) is 6.42 Å². The van der Waals surface area contributed by atoms with Crippen molar-refractivity contribution in [3.05, 3.63) is 23.3 Å². The predicted octanol–water partition coefficient (Wildman–Crippen LogP) is 4.08. The highest BCUT2D eigenvalue weighted by molar-refractivity contribution is 5.49. The van der Waals surface area contributed by atoms with Crippen molar-refractivity contribution in [2.75, 3.05) is 47.1 Å². The summed E-state index contributed by atoms with van der Waals surface area (Å²) in [4.78, 5) is 5.17. The van der Waals surface area contributed by atoms with Gasteiger partial charge in [-0.2, -0.15) is 0 Å². The van der Waals surface area contributed by atoms with Gasteiger partial charge in [-0.15, -0.1) is 0 Å². The van der Waals surface area contributed by atoms with Crippen LogP contribution in [-0.4, -0.2) is 62.9 Å². The first-order valence-corrected chi connectivity index (χ1v) is 10.2. The van der Waals surface area contributed by atoms with Crippen molar-refractivity contribution < 1.29 is 13.9 Å². The van der Waals surface area contributed by atoms with Gasteiger partial charge in [-0.1, -0.05) is 20.8 Å².